The molecule has 0 spiro atoms. The van der Waals surface area contributed by atoms with Crippen molar-refractivity contribution in [2.24, 2.45) is 5.92 Å². The van der Waals surface area contributed by atoms with Gasteiger partial charge in [-0.25, -0.2) is 0 Å². The van der Waals surface area contributed by atoms with E-state index in [0.717, 1.165) is 12.0 Å². The Morgan fingerprint density at radius 2 is 2.23 bits per heavy atom. The van der Waals surface area contributed by atoms with Gasteiger partial charge in [0.2, 0.25) is 0 Å². The van der Waals surface area contributed by atoms with Gasteiger partial charge in [-0.1, -0.05) is 20.8 Å². The monoisotopic (exact) mass is 182 g/mol. The van der Waals surface area contributed by atoms with E-state index in [9.17, 15) is 5.11 Å². The van der Waals surface area contributed by atoms with Crippen molar-refractivity contribution in [2.45, 2.75) is 39.2 Å². The Balaban J connectivity index is 2.69. The number of furan rings is 1. The van der Waals surface area contributed by atoms with E-state index in [2.05, 4.69) is 0 Å². The van der Waals surface area contributed by atoms with Gasteiger partial charge < -0.3 is 9.52 Å². The molecule has 1 unspecified atom stereocenters. The van der Waals surface area contributed by atoms with Gasteiger partial charge in [-0.3, -0.25) is 0 Å². The minimum absolute atomic E-state index is 0.271. The Labute approximate surface area is 79.6 Å². The van der Waals surface area contributed by atoms with Gasteiger partial charge in [-0.15, -0.1) is 0 Å². The lowest BCUT2D eigenvalue weighted by molar-refractivity contribution is -0.00839. The summed E-state index contributed by atoms with van der Waals surface area (Å²) in [4.78, 5) is 0. The molecule has 1 rings (SSSR count). The van der Waals surface area contributed by atoms with E-state index in [4.69, 9.17) is 4.42 Å². The van der Waals surface area contributed by atoms with Gasteiger partial charge >= 0.3 is 0 Å². The Morgan fingerprint density at radius 3 is 2.62 bits per heavy atom. The highest BCUT2D eigenvalue weighted by Gasteiger charge is 2.29. The van der Waals surface area contributed by atoms with Gasteiger partial charge in [0, 0.05) is 6.42 Å². The first kappa shape index (κ1) is 10.3. The van der Waals surface area contributed by atoms with Crippen molar-refractivity contribution < 1.29 is 9.52 Å². The largest absolute Gasteiger partial charge is 0.472 e. The molecule has 0 fully saturated rings. The first-order chi connectivity index (χ1) is 6.08. The lowest BCUT2D eigenvalue weighted by Gasteiger charge is -2.30. The fraction of sp³-hybridized carbons (Fsp3) is 0.636. The van der Waals surface area contributed by atoms with Crippen LogP contribution in [0, 0.1) is 5.92 Å². The fourth-order valence-electron chi connectivity index (χ4n) is 1.48. The summed E-state index contributed by atoms with van der Waals surface area (Å²) >= 11 is 0. The molecule has 2 nitrogen and oxygen atoms in total. The standard InChI is InChI=1S/C11H18O2/c1-4-11(12,9(2)3)7-10-5-6-13-8-10/h5-6,8-9,12H,4,7H2,1-3H3. The normalized spacial score (nSPS) is 16.1. The minimum atomic E-state index is -0.593. The molecule has 1 aromatic rings. The molecular formula is C11H18O2. The van der Waals surface area contributed by atoms with Crippen molar-refractivity contribution in [3.63, 3.8) is 0 Å². The van der Waals surface area contributed by atoms with E-state index in [1.807, 2.05) is 26.8 Å². The molecular weight excluding hydrogens is 164 g/mol. The van der Waals surface area contributed by atoms with Gasteiger partial charge in [0.05, 0.1) is 18.1 Å². The third-order valence-electron chi connectivity index (χ3n) is 2.78. The highest BCUT2D eigenvalue weighted by molar-refractivity contribution is 5.09. The first-order valence-corrected chi connectivity index (χ1v) is 4.82. The van der Waals surface area contributed by atoms with E-state index in [1.165, 1.54) is 0 Å². The summed E-state index contributed by atoms with van der Waals surface area (Å²) in [6.07, 6.45) is 4.79. The molecule has 0 aliphatic carbocycles. The molecule has 13 heavy (non-hydrogen) atoms. The maximum absolute atomic E-state index is 10.2. The molecule has 0 aliphatic rings. The van der Waals surface area contributed by atoms with Crippen LogP contribution in [0.3, 0.4) is 0 Å². The summed E-state index contributed by atoms with van der Waals surface area (Å²) in [6, 6.07) is 1.91. The van der Waals surface area contributed by atoms with Crippen molar-refractivity contribution >= 4 is 0 Å². The molecule has 1 heterocycles. The van der Waals surface area contributed by atoms with Crippen LogP contribution < -0.4 is 0 Å². The number of rotatable bonds is 4. The molecule has 0 bridgehead atoms. The minimum Gasteiger partial charge on any atom is -0.472 e. The molecule has 74 valence electrons. The van der Waals surface area contributed by atoms with E-state index in [0.29, 0.717) is 6.42 Å². The maximum Gasteiger partial charge on any atom is 0.0935 e. The second-order valence-corrected chi connectivity index (χ2v) is 3.92. The topological polar surface area (TPSA) is 33.4 Å². The molecule has 2 heteroatoms. The molecule has 0 aliphatic heterocycles. The Bertz CT molecular complexity index is 239. The SMILES string of the molecule is CCC(O)(Cc1ccoc1)C(C)C. The lowest BCUT2D eigenvalue weighted by Crippen LogP contribution is -2.36. The van der Waals surface area contributed by atoms with Crippen LogP contribution in [0.5, 0.6) is 0 Å². The quantitative estimate of drug-likeness (QED) is 0.776. The summed E-state index contributed by atoms with van der Waals surface area (Å²) in [5, 5.41) is 10.2. The number of aliphatic hydroxyl groups is 1. The van der Waals surface area contributed by atoms with Crippen molar-refractivity contribution in [1.82, 2.24) is 0 Å². The van der Waals surface area contributed by atoms with E-state index in [-0.39, 0.29) is 5.92 Å². The molecule has 1 aromatic heterocycles. The van der Waals surface area contributed by atoms with Gasteiger partial charge in [0.15, 0.2) is 0 Å². The summed E-state index contributed by atoms with van der Waals surface area (Å²) in [5.74, 6) is 0.271. The summed E-state index contributed by atoms with van der Waals surface area (Å²) < 4.78 is 4.97. The van der Waals surface area contributed by atoms with Crippen LogP contribution in [0.15, 0.2) is 23.0 Å². The van der Waals surface area contributed by atoms with Crippen LogP contribution in [0.4, 0.5) is 0 Å². The predicted molar refractivity (Wildman–Crippen MR) is 52.5 cm³/mol. The summed E-state index contributed by atoms with van der Waals surface area (Å²) in [6.45, 7) is 6.10. The van der Waals surface area contributed by atoms with Crippen LogP contribution in [-0.2, 0) is 6.42 Å². The molecule has 1 atom stereocenters. The Kier molecular flexibility index (Phi) is 3.15. The average Bonchev–Trinajstić information content (AvgIpc) is 2.56. The molecule has 0 amide bonds. The Hall–Kier alpha value is -0.760. The summed E-state index contributed by atoms with van der Waals surface area (Å²) in [7, 11) is 0. The van der Waals surface area contributed by atoms with Crippen LogP contribution in [0.25, 0.3) is 0 Å². The molecule has 0 saturated carbocycles. The highest BCUT2D eigenvalue weighted by atomic mass is 16.3. The third-order valence-corrected chi connectivity index (χ3v) is 2.78. The average molecular weight is 182 g/mol. The van der Waals surface area contributed by atoms with Gasteiger partial charge in [0.1, 0.15) is 0 Å². The van der Waals surface area contributed by atoms with Crippen molar-refractivity contribution in [1.29, 1.82) is 0 Å². The highest BCUT2D eigenvalue weighted by Crippen LogP contribution is 2.25. The molecule has 1 N–H and O–H groups in total. The second-order valence-electron chi connectivity index (χ2n) is 3.92. The lowest BCUT2D eigenvalue weighted by atomic mass is 9.83. The van der Waals surface area contributed by atoms with Crippen molar-refractivity contribution in [3.8, 4) is 0 Å². The summed E-state index contributed by atoms with van der Waals surface area (Å²) in [5.41, 5.74) is 0.474. The van der Waals surface area contributed by atoms with Crippen LogP contribution in [-0.4, -0.2) is 10.7 Å². The van der Waals surface area contributed by atoms with Crippen LogP contribution in [0.1, 0.15) is 32.8 Å². The number of hydrogen-bond donors (Lipinski definition) is 1. The van der Waals surface area contributed by atoms with Crippen LogP contribution in [0.2, 0.25) is 0 Å². The zero-order valence-electron chi connectivity index (χ0n) is 8.58. The van der Waals surface area contributed by atoms with Gasteiger partial charge in [0.25, 0.3) is 0 Å². The van der Waals surface area contributed by atoms with Gasteiger partial charge in [-0.2, -0.15) is 0 Å². The predicted octanol–water partition coefficient (Wildman–Crippen LogP) is 2.62. The Morgan fingerprint density at radius 1 is 1.54 bits per heavy atom. The third kappa shape index (κ3) is 2.34. The smallest absolute Gasteiger partial charge is 0.0935 e. The zero-order valence-corrected chi connectivity index (χ0v) is 8.58. The molecule has 0 aromatic carbocycles. The maximum atomic E-state index is 10.2. The zero-order chi connectivity index (χ0) is 9.90. The van der Waals surface area contributed by atoms with Crippen LogP contribution >= 0.6 is 0 Å². The van der Waals surface area contributed by atoms with E-state index >= 15 is 0 Å². The van der Waals surface area contributed by atoms with E-state index < -0.39 is 5.60 Å². The first-order valence-electron chi connectivity index (χ1n) is 4.82. The molecule has 0 saturated heterocycles. The fourth-order valence-corrected chi connectivity index (χ4v) is 1.48. The van der Waals surface area contributed by atoms with Gasteiger partial charge in [-0.05, 0) is 24.0 Å². The van der Waals surface area contributed by atoms with E-state index in [1.54, 1.807) is 12.5 Å². The number of hydrogen-bond acceptors (Lipinski definition) is 2. The second kappa shape index (κ2) is 3.97. The van der Waals surface area contributed by atoms with Crippen molar-refractivity contribution in [2.75, 3.05) is 0 Å². The van der Waals surface area contributed by atoms with Crippen molar-refractivity contribution in [3.05, 3.63) is 24.2 Å². The molecule has 0 radical (unpaired) electrons.